The highest BCUT2D eigenvalue weighted by Gasteiger charge is 2.14. The van der Waals surface area contributed by atoms with Crippen molar-refractivity contribution in [2.24, 2.45) is 0 Å². The van der Waals surface area contributed by atoms with Gasteiger partial charge in [-0.3, -0.25) is 0 Å². The van der Waals surface area contributed by atoms with Gasteiger partial charge in [0.15, 0.2) is 5.01 Å². The van der Waals surface area contributed by atoms with E-state index in [-0.39, 0.29) is 5.01 Å². The molecule has 100 valence electrons. The molecule has 1 aliphatic heterocycles. The second kappa shape index (κ2) is 5.08. The van der Waals surface area contributed by atoms with E-state index in [9.17, 15) is 8.78 Å². The van der Waals surface area contributed by atoms with Crippen LogP contribution in [0.25, 0.3) is 0 Å². The van der Waals surface area contributed by atoms with Crippen molar-refractivity contribution in [3.05, 3.63) is 28.8 Å². The summed E-state index contributed by atoms with van der Waals surface area (Å²) in [4.78, 5) is 0. The summed E-state index contributed by atoms with van der Waals surface area (Å²) in [6.07, 6.45) is -0.443. The Bertz CT molecular complexity index is 585. The van der Waals surface area contributed by atoms with Crippen LogP contribution in [0.15, 0.2) is 18.2 Å². The van der Waals surface area contributed by atoms with Gasteiger partial charge in [-0.25, -0.2) is 8.78 Å². The van der Waals surface area contributed by atoms with Gasteiger partial charge in [0, 0.05) is 17.9 Å². The van der Waals surface area contributed by atoms with Gasteiger partial charge < -0.3 is 10.6 Å². The molecule has 0 bridgehead atoms. The first-order chi connectivity index (χ1) is 9.22. The second-order valence-corrected chi connectivity index (χ2v) is 5.28. The number of fused-ring (bicyclic) bond motifs is 1. The molecule has 2 N–H and O–H groups in total. The maximum atomic E-state index is 12.4. The third kappa shape index (κ3) is 2.65. The minimum absolute atomic E-state index is 0.262. The lowest BCUT2D eigenvalue weighted by atomic mass is 10.0. The molecule has 0 amide bonds. The zero-order valence-corrected chi connectivity index (χ0v) is 10.8. The predicted octanol–water partition coefficient (Wildman–Crippen LogP) is 3.58. The Kier molecular flexibility index (Phi) is 3.29. The fraction of sp³-hybridized carbons (Fsp3) is 0.333. The van der Waals surface area contributed by atoms with Crippen LogP contribution in [0.1, 0.15) is 23.4 Å². The summed E-state index contributed by atoms with van der Waals surface area (Å²) in [6.45, 7) is 0.994. The van der Waals surface area contributed by atoms with E-state index in [2.05, 4.69) is 20.8 Å². The molecular formula is C12H12F2N4S. The molecule has 0 aliphatic carbocycles. The molecule has 1 aliphatic rings. The van der Waals surface area contributed by atoms with Crippen molar-refractivity contribution in [2.45, 2.75) is 19.3 Å². The van der Waals surface area contributed by atoms with Gasteiger partial charge in [-0.05, 0) is 36.6 Å². The first-order valence-electron chi connectivity index (χ1n) is 5.98. The summed E-state index contributed by atoms with van der Waals surface area (Å²) in [6, 6.07) is 5.91. The number of nitrogens with zero attached hydrogens (tertiary/aromatic N) is 2. The van der Waals surface area contributed by atoms with Gasteiger partial charge in [0.1, 0.15) is 0 Å². The highest BCUT2D eigenvalue weighted by atomic mass is 32.1. The summed E-state index contributed by atoms with van der Waals surface area (Å²) < 4.78 is 24.8. The van der Waals surface area contributed by atoms with E-state index >= 15 is 0 Å². The van der Waals surface area contributed by atoms with E-state index in [1.807, 2.05) is 18.2 Å². The average molecular weight is 282 g/mol. The maximum Gasteiger partial charge on any atom is 0.291 e. The third-order valence-electron chi connectivity index (χ3n) is 2.92. The zero-order valence-electron chi connectivity index (χ0n) is 9.99. The van der Waals surface area contributed by atoms with Gasteiger partial charge in [0.25, 0.3) is 6.43 Å². The number of anilines is 3. The van der Waals surface area contributed by atoms with Crippen LogP contribution in [0.5, 0.6) is 0 Å². The maximum absolute atomic E-state index is 12.4. The molecule has 7 heteroatoms. The van der Waals surface area contributed by atoms with E-state index in [1.165, 1.54) is 5.56 Å². The number of rotatable bonds is 3. The lowest BCUT2D eigenvalue weighted by Gasteiger charge is -2.18. The van der Waals surface area contributed by atoms with Crippen molar-refractivity contribution in [2.75, 3.05) is 17.2 Å². The molecule has 0 radical (unpaired) electrons. The smallest absolute Gasteiger partial charge is 0.291 e. The molecule has 19 heavy (non-hydrogen) atoms. The molecular weight excluding hydrogens is 270 g/mol. The van der Waals surface area contributed by atoms with Crippen LogP contribution >= 0.6 is 11.3 Å². The van der Waals surface area contributed by atoms with Crippen molar-refractivity contribution in [3.63, 3.8) is 0 Å². The summed E-state index contributed by atoms with van der Waals surface area (Å²) in [5, 5.41) is 13.6. The Morgan fingerprint density at radius 1 is 1.32 bits per heavy atom. The van der Waals surface area contributed by atoms with E-state index in [4.69, 9.17) is 0 Å². The summed E-state index contributed by atoms with van der Waals surface area (Å²) in [5.74, 6) is 0. The number of halogens is 2. The SMILES string of the molecule is FC(F)c1nnc(Nc2ccc3c(c2)CCCN3)s1. The van der Waals surface area contributed by atoms with Crippen molar-refractivity contribution >= 4 is 27.8 Å². The normalized spacial score (nSPS) is 14.1. The number of hydrogen-bond acceptors (Lipinski definition) is 5. The predicted molar refractivity (Wildman–Crippen MR) is 71.4 cm³/mol. The molecule has 4 nitrogen and oxygen atoms in total. The molecule has 0 spiro atoms. The highest BCUT2D eigenvalue weighted by molar-refractivity contribution is 7.15. The van der Waals surface area contributed by atoms with Gasteiger partial charge in [-0.15, -0.1) is 10.2 Å². The molecule has 0 saturated heterocycles. The van der Waals surface area contributed by atoms with Crippen molar-refractivity contribution in [3.8, 4) is 0 Å². The van der Waals surface area contributed by atoms with Gasteiger partial charge in [0.2, 0.25) is 5.13 Å². The van der Waals surface area contributed by atoms with E-state index < -0.39 is 6.43 Å². The zero-order chi connectivity index (χ0) is 13.2. The quantitative estimate of drug-likeness (QED) is 0.903. The minimum atomic E-state index is -2.57. The Morgan fingerprint density at radius 2 is 2.21 bits per heavy atom. The van der Waals surface area contributed by atoms with E-state index in [1.54, 1.807) is 0 Å². The van der Waals surface area contributed by atoms with E-state index in [0.717, 1.165) is 42.1 Å². The number of aromatic nitrogens is 2. The minimum Gasteiger partial charge on any atom is -0.385 e. The van der Waals surface area contributed by atoms with Gasteiger partial charge in [0.05, 0.1) is 0 Å². The van der Waals surface area contributed by atoms with Crippen LogP contribution in [0, 0.1) is 0 Å². The van der Waals surface area contributed by atoms with Crippen molar-refractivity contribution in [1.29, 1.82) is 0 Å². The van der Waals surface area contributed by atoms with Gasteiger partial charge in [-0.2, -0.15) is 0 Å². The number of hydrogen-bond donors (Lipinski definition) is 2. The lowest BCUT2D eigenvalue weighted by Crippen LogP contribution is -2.11. The summed E-state index contributed by atoms with van der Waals surface area (Å²) >= 11 is 0.874. The fourth-order valence-electron chi connectivity index (χ4n) is 2.05. The van der Waals surface area contributed by atoms with Gasteiger partial charge >= 0.3 is 0 Å². The summed E-state index contributed by atoms with van der Waals surface area (Å²) in [7, 11) is 0. The lowest BCUT2D eigenvalue weighted by molar-refractivity contribution is 0.150. The Hall–Kier alpha value is -1.76. The molecule has 1 aromatic carbocycles. The first-order valence-corrected chi connectivity index (χ1v) is 6.79. The molecule has 2 heterocycles. The average Bonchev–Trinajstić information content (AvgIpc) is 2.87. The largest absolute Gasteiger partial charge is 0.385 e. The van der Waals surface area contributed by atoms with Gasteiger partial charge in [-0.1, -0.05) is 11.3 Å². The summed E-state index contributed by atoms with van der Waals surface area (Å²) in [5.41, 5.74) is 3.22. The monoisotopic (exact) mass is 282 g/mol. The number of nitrogens with one attached hydrogen (secondary N) is 2. The van der Waals surface area contributed by atoms with Crippen LogP contribution in [0.3, 0.4) is 0 Å². The molecule has 0 fully saturated rings. The Morgan fingerprint density at radius 3 is 3.00 bits per heavy atom. The Balaban J connectivity index is 1.78. The molecule has 0 atom stereocenters. The molecule has 0 saturated carbocycles. The number of benzene rings is 1. The molecule has 2 aromatic rings. The Labute approximate surface area is 112 Å². The molecule has 0 unspecified atom stereocenters. The van der Waals surface area contributed by atoms with Crippen LogP contribution in [-0.2, 0) is 6.42 Å². The van der Waals surface area contributed by atoms with Crippen LogP contribution < -0.4 is 10.6 Å². The second-order valence-electron chi connectivity index (χ2n) is 4.27. The third-order valence-corrected chi connectivity index (χ3v) is 3.77. The standard InChI is InChI=1S/C12H12F2N4S/c13-10(14)11-17-18-12(19-11)16-8-3-4-9-7(6-8)2-1-5-15-9/h3-4,6,10,15H,1-2,5H2,(H,16,18). The van der Waals surface area contributed by atoms with Crippen molar-refractivity contribution < 1.29 is 8.78 Å². The molecule has 3 rings (SSSR count). The number of aryl methyl sites for hydroxylation is 1. The first kappa shape index (κ1) is 12.3. The topological polar surface area (TPSA) is 49.8 Å². The number of alkyl halides is 2. The highest BCUT2D eigenvalue weighted by Crippen LogP contribution is 2.30. The van der Waals surface area contributed by atoms with Crippen LogP contribution in [-0.4, -0.2) is 16.7 Å². The van der Waals surface area contributed by atoms with Crippen LogP contribution in [0.4, 0.5) is 25.3 Å². The van der Waals surface area contributed by atoms with Crippen LogP contribution in [0.2, 0.25) is 0 Å². The van der Waals surface area contributed by atoms with Crippen molar-refractivity contribution in [1.82, 2.24) is 10.2 Å². The fourth-order valence-corrected chi connectivity index (χ4v) is 2.67. The van der Waals surface area contributed by atoms with E-state index in [0.29, 0.717) is 5.13 Å². The molecule has 1 aromatic heterocycles.